The summed E-state index contributed by atoms with van der Waals surface area (Å²) in [6, 6.07) is 8.80. The quantitative estimate of drug-likeness (QED) is 0.300. The lowest BCUT2D eigenvalue weighted by Gasteiger charge is -2.11. The molecule has 0 saturated heterocycles. The van der Waals surface area contributed by atoms with Crippen molar-refractivity contribution >= 4 is 51.3 Å². The minimum absolute atomic E-state index is 0.328. The lowest BCUT2D eigenvalue weighted by molar-refractivity contribution is 0.0955. The van der Waals surface area contributed by atoms with Crippen LogP contribution in [0.15, 0.2) is 39.9 Å². The number of nitrogens with zero attached hydrogens (tertiary/aromatic N) is 1. The zero-order chi connectivity index (χ0) is 19.4. The molecule has 0 radical (unpaired) electrons. The van der Waals surface area contributed by atoms with Gasteiger partial charge in [0.2, 0.25) is 0 Å². The minimum Gasteiger partial charge on any atom is -0.493 e. The lowest BCUT2D eigenvalue weighted by Crippen LogP contribution is -2.17. The molecule has 140 valence electrons. The van der Waals surface area contributed by atoms with Crippen LogP contribution in [0.2, 0.25) is 0 Å². The Hall–Kier alpha value is -2.65. The normalized spacial score (nSPS) is 11.1. The Bertz CT molecular complexity index is 1070. The summed E-state index contributed by atoms with van der Waals surface area (Å²) in [5, 5.41) is 4.02. The molecule has 1 heterocycles. The van der Waals surface area contributed by atoms with Crippen LogP contribution >= 0.6 is 28.1 Å². The molecule has 0 atom stereocenters. The van der Waals surface area contributed by atoms with Gasteiger partial charge in [-0.3, -0.25) is 4.79 Å². The third kappa shape index (κ3) is 4.37. The number of aromatic nitrogens is 2. The molecule has 0 unspecified atom stereocenters. The average Bonchev–Trinajstić information content (AvgIpc) is 3.02. The van der Waals surface area contributed by atoms with Gasteiger partial charge in [-0.2, -0.15) is 5.10 Å². The van der Waals surface area contributed by atoms with E-state index in [1.54, 1.807) is 31.4 Å². The topological polar surface area (TPSA) is 91.5 Å². The first-order chi connectivity index (χ1) is 13.0. The van der Waals surface area contributed by atoms with E-state index in [4.69, 9.17) is 21.7 Å². The molecule has 0 spiro atoms. The van der Waals surface area contributed by atoms with Crippen LogP contribution in [0.1, 0.15) is 22.8 Å². The van der Waals surface area contributed by atoms with Crippen molar-refractivity contribution in [3.8, 4) is 11.5 Å². The fourth-order valence-electron chi connectivity index (χ4n) is 2.50. The fourth-order valence-corrected chi connectivity index (χ4v) is 3.30. The summed E-state index contributed by atoms with van der Waals surface area (Å²) in [4.78, 5) is 18.3. The smallest absolute Gasteiger partial charge is 0.271 e. The molecule has 0 bridgehead atoms. The van der Waals surface area contributed by atoms with Crippen LogP contribution in [0.4, 0.5) is 0 Å². The summed E-state index contributed by atoms with van der Waals surface area (Å²) < 4.78 is 12.1. The number of amides is 1. The number of carbonyl (C=O) groups excluding carboxylic acids is 1. The first-order valence-corrected chi connectivity index (χ1v) is 9.27. The number of benzene rings is 2. The van der Waals surface area contributed by atoms with Gasteiger partial charge in [0.15, 0.2) is 16.3 Å². The second-order valence-electron chi connectivity index (χ2n) is 5.51. The molecular weight excluding hydrogens is 432 g/mol. The van der Waals surface area contributed by atoms with E-state index in [-0.39, 0.29) is 5.91 Å². The highest BCUT2D eigenvalue weighted by Gasteiger charge is 2.11. The third-order valence-corrected chi connectivity index (χ3v) is 4.49. The summed E-state index contributed by atoms with van der Waals surface area (Å²) >= 11 is 8.50. The first-order valence-electron chi connectivity index (χ1n) is 8.07. The molecule has 3 aromatic rings. The van der Waals surface area contributed by atoms with Crippen molar-refractivity contribution in [1.29, 1.82) is 0 Å². The molecule has 3 N–H and O–H groups in total. The molecule has 0 aliphatic heterocycles. The lowest BCUT2D eigenvalue weighted by atomic mass is 10.2. The maximum atomic E-state index is 12.3. The number of hydrazone groups is 1. The van der Waals surface area contributed by atoms with Gasteiger partial charge in [-0.25, -0.2) is 5.43 Å². The van der Waals surface area contributed by atoms with Gasteiger partial charge in [0.05, 0.1) is 35.4 Å². The van der Waals surface area contributed by atoms with E-state index in [0.717, 1.165) is 21.1 Å². The van der Waals surface area contributed by atoms with Crippen molar-refractivity contribution < 1.29 is 14.3 Å². The van der Waals surface area contributed by atoms with Crippen molar-refractivity contribution in [2.24, 2.45) is 5.10 Å². The number of H-pyrrole nitrogens is 2. The monoisotopic (exact) mass is 448 g/mol. The predicted octanol–water partition coefficient (Wildman–Crippen LogP) is 4.16. The number of hydrogen-bond acceptors (Lipinski definition) is 5. The Labute approximate surface area is 168 Å². The van der Waals surface area contributed by atoms with Crippen molar-refractivity contribution in [3.05, 3.63) is 50.7 Å². The molecule has 27 heavy (non-hydrogen) atoms. The molecule has 0 aliphatic rings. The number of carbonyl (C=O) groups is 1. The van der Waals surface area contributed by atoms with E-state index in [0.29, 0.717) is 28.4 Å². The Balaban J connectivity index is 1.74. The number of ether oxygens (including phenoxy) is 2. The van der Waals surface area contributed by atoms with Gasteiger partial charge in [0, 0.05) is 5.56 Å². The summed E-state index contributed by atoms with van der Waals surface area (Å²) in [6.45, 7) is 2.42. The van der Waals surface area contributed by atoms with Crippen LogP contribution in [0.5, 0.6) is 11.5 Å². The Morgan fingerprint density at radius 2 is 2.07 bits per heavy atom. The summed E-state index contributed by atoms with van der Waals surface area (Å²) in [6.07, 6.45) is 1.53. The average molecular weight is 449 g/mol. The van der Waals surface area contributed by atoms with E-state index >= 15 is 0 Å². The zero-order valence-corrected chi connectivity index (χ0v) is 17.0. The standard InChI is InChI=1S/C18H17BrN4O3S/c1-3-26-16-12(19)6-10(7-15(16)25-2)9-20-23-17(24)11-4-5-13-14(8-11)22-18(27)21-13/h4-9H,3H2,1-2H3,(H,23,24)(H2,21,22,27)/b20-9-. The summed E-state index contributed by atoms with van der Waals surface area (Å²) in [7, 11) is 1.56. The van der Waals surface area contributed by atoms with Crippen molar-refractivity contribution in [3.63, 3.8) is 0 Å². The number of nitrogens with one attached hydrogen (secondary N) is 3. The van der Waals surface area contributed by atoms with E-state index in [1.165, 1.54) is 6.21 Å². The van der Waals surface area contributed by atoms with Gasteiger partial charge in [-0.1, -0.05) is 0 Å². The number of imidazole rings is 1. The Morgan fingerprint density at radius 3 is 2.81 bits per heavy atom. The van der Waals surface area contributed by atoms with E-state index in [9.17, 15) is 4.79 Å². The van der Waals surface area contributed by atoms with Gasteiger partial charge in [-0.15, -0.1) is 0 Å². The Morgan fingerprint density at radius 1 is 1.30 bits per heavy atom. The zero-order valence-electron chi connectivity index (χ0n) is 14.6. The maximum absolute atomic E-state index is 12.3. The molecular formula is C18H17BrN4O3S. The minimum atomic E-state index is -0.328. The number of halogens is 1. The fraction of sp³-hybridized carbons (Fsp3) is 0.167. The largest absolute Gasteiger partial charge is 0.493 e. The maximum Gasteiger partial charge on any atom is 0.271 e. The van der Waals surface area contributed by atoms with E-state index in [2.05, 4.69) is 36.4 Å². The summed E-state index contributed by atoms with van der Waals surface area (Å²) in [5.41, 5.74) is 5.32. The van der Waals surface area contributed by atoms with Crippen LogP contribution in [0.3, 0.4) is 0 Å². The second kappa shape index (κ2) is 8.36. The van der Waals surface area contributed by atoms with Gasteiger partial charge in [-0.05, 0) is 71.0 Å². The number of rotatable bonds is 6. The molecule has 0 fully saturated rings. The molecule has 9 heteroatoms. The first kappa shape index (κ1) is 19.1. The van der Waals surface area contributed by atoms with Crippen molar-refractivity contribution in [2.45, 2.75) is 6.92 Å². The number of methoxy groups -OCH3 is 1. The van der Waals surface area contributed by atoms with Crippen LogP contribution < -0.4 is 14.9 Å². The number of aromatic amines is 2. The van der Waals surface area contributed by atoms with Gasteiger partial charge in [0.1, 0.15) is 0 Å². The molecule has 2 aromatic carbocycles. The molecule has 0 aliphatic carbocycles. The molecule has 0 saturated carbocycles. The predicted molar refractivity (Wildman–Crippen MR) is 110 cm³/mol. The molecule has 1 amide bonds. The highest BCUT2D eigenvalue weighted by atomic mass is 79.9. The van der Waals surface area contributed by atoms with Crippen molar-refractivity contribution in [2.75, 3.05) is 13.7 Å². The number of hydrogen-bond donors (Lipinski definition) is 3. The van der Waals surface area contributed by atoms with Crippen LogP contribution in [0, 0.1) is 4.77 Å². The van der Waals surface area contributed by atoms with Crippen LogP contribution in [-0.4, -0.2) is 35.8 Å². The van der Waals surface area contributed by atoms with Gasteiger partial charge in [0.25, 0.3) is 5.91 Å². The third-order valence-electron chi connectivity index (χ3n) is 3.70. The van der Waals surface area contributed by atoms with Crippen LogP contribution in [0.25, 0.3) is 11.0 Å². The highest BCUT2D eigenvalue weighted by molar-refractivity contribution is 9.10. The highest BCUT2D eigenvalue weighted by Crippen LogP contribution is 2.36. The molecule has 3 rings (SSSR count). The SMILES string of the molecule is CCOc1c(Br)cc(/C=N\NC(=O)c2ccc3[nH]c(=S)[nH]c3c2)cc1OC. The van der Waals surface area contributed by atoms with E-state index < -0.39 is 0 Å². The molecule has 7 nitrogen and oxygen atoms in total. The van der Waals surface area contributed by atoms with E-state index in [1.807, 2.05) is 13.0 Å². The van der Waals surface area contributed by atoms with Crippen molar-refractivity contribution in [1.82, 2.24) is 15.4 Å². The number of fused-ring (bicyclic) bond motifs is 1. The van der Waals surface area contributed by atoms with Gasteiger partial charge >= 0.3 is 0 Å². The van der Waals surface area contributed by atoms with Crippen LogP contribution in [-0.2, 0) is 0 Å². The Kier molecular flexibility index (Phi) is 5.92. The van der Waals surface area contributed by atoms with Gasteiger partial charge < -0.3 is 19.4 Å². The summed E-state index contributed by atoms with van der Waals surface area (Å²) in [5.74, 6) is 0.871. The second-order valence-corrected chi connectivity index (χ2v) is 6.77. The molecule has 1 aromatic heterocycles.